The van der Waals surface area contributed by atoms with Crippen LogP contribution >= 0.6 is 0 Å². The zero-order valence-electron chi connectivity index (χ0n) is 31.3. The van der Waals surface area contributed by atoms with Gasteiger partial charge in [-0.3, -0.25) is 4.57 Å². The molecule has 0 fully saturated rings. The van der Waals surface area contributed by atoms with Crippen molar-refractivity contribution in [3.8, 4) is 50.8 Å². The third-order valence-corrected chi connectivity index (χ3v) is 11.2. The van der Waals surface area contributed by atoms with Crippen LogP contribution in [0.5, 0.6) is 0 Å². The van der Waals surface area contributed by atoms with E-state index in [1.54, 1.807) is 0 Å². The van der Waals surface area contributed by atoms with Gasteiger partial charge in [0.25, 0.3) is 0 Å². The highest BCUT2D eigenvalue weighted by Gasteiger charge is 2.20. The van der Waals surface area contributed by atoms with Crippen molar-refractivity contribution in [2.45, 2.75) is 13.3 Å². The Balaban J connectivity index is 1.11. The van der Waals surface area contributed by atoms with E-state index < -0.39 is 0 Å². The highest BCUT2D eigenvalue weighted by molar-refractivity contribution is 6.20. The van der Waals surface area contributed by atoms with Crippen LogP contribution in [-0.2, 0) is 6.42 Å². The standard InChI is InChI=1S/C52H35N5/c1-2-48-56-51-47(57(48)37-18-4-3-5-19-37)31-30-42-41-22-10-11-25-44(41)53-50(49(42)51)36-28-26-35(27-29-36)45-32-46(40-23-12-16-33-14-6-8-20-38(33)40)55-52(54-45)43-24-13-17-34-15-7-9-21-39(34)43/h3-32H,2H2,1H3. The maximum Gasteiger partial charge on any atom is 0.161 e. The van der Waals surface area contributed by atoms with Crippen molar-refractivity contribution >= 4 is 54.3 Å². The van der Waals surface area contributed by atoms with Gasteiger partial charge in [-0.1, -0.05) is 159 Å². The molecule has 3 heterocycles. The van der Waals surface area contributed by atoms with Crippen LogP contribution < -0.4 is 0 Å². The van der Waals surface area contributed by atoms with E-state index in [4.69, 9.17) is 19.9 Å². The summed E-state index contributed by atoms with van der Waals surface area (Å²) in [6.45, 7) is 2.17. The number of hydrogen-bond acceptors (Lipinski definition) is 4. The fraction of sp³-hybridized carbons (Fsp3) is 0.0385. The average Bonchev–Trinajstić information content (AvgIpc) is 3.68. The summed E-state index contributed by atoms with van der Waals surface area (Å²) >= 11 is 0. The molecule has 0 aliphatic heterocycles. The summed E-state index contributed by atoms with van der Waals surface area (Å²) in [5, 5.41) is 7.93. The molecular formula is C52H35N5. The smallest absolute Gasteiger partial charge is 0.161 e. The quantitative estimate of drug-likeness (QED) is 0.160. The topological polar surface area (TPSA) is 56.5 Å². The number of nitrogens with zero attached hydrogens (tertiary/aromatic N) is 5. The van der Waals surface area contributed by atoms with Gasteiger partial charge in [0.1, 0.15) is 5.82 Å². The molecule has 5 heteroatoms. The third kappa shape index (κ3) is 5.47. The number of para-hydroxylation sites is 2. The van der Waals surface area contributed by atoms with E-state index in [0.717, 1.165) is 106 Å². The van der Waals surface area contributed by atoms with E-state index in [1.807, 2.05) is 0 Å². The first kappa shape index (κ1) is 32.9. The van der Waals surface area contributed by atoms with Crippen LogP contribution in [0.2, 0.25) is 0 Å². The molecule has 0 spiro atoms. The van der Waals surface area contributed by atoms with Crippen LogP contribution in [0.3, 0.4) is 0 Å². The first-order valence-corrected chi connectivity index (χ1v) is 19.5. The Morgan fingerprint density at radius 1 is 0.456 bits per heavy atom. The molecule has 0 aliphatic carbocycles. The number of pyridine rings is 1. The van der Waals surface area contributed by atoms with Crippen LogP contribution in [0.4, 0.5) is 0 Å². The lowest BCUT2D eigenvalue weighted by Crippen LogP contribution is -1.99. The van der Waals surface area contributed by atoms with Gasteiger partial charge in [-0.25, -0.2) is 19.9 Å². The van der Waals surface area contributed by atoms with Gasteiger partial charge in [0.05, 0.1) is 33.6 Å². The van der Waals surface area contributed by atoms with E-state index >= 15 is 0 Å². The second-order valence-electron chi connectivity index (χ2n) is 14.5. The van der Waals surface area contributed by atoms with Gasteiger partial charge in [-0.15, -0.1) is 0 Å². The molecule has 0 saturated carbocycles. The molecule has 0 radical (unpaired) electrons. The molecule has 57 heavy (non-hydrogen) atoms. The Labute approximate surface area is 329 Å². The van der Waals surface area contributed by atoms with Crippen molar-refractivity contribution in [2.75, 3.05) is 0 Å². The third-order valence-electron chi connectivity index (χ3n) is 11.2. The average molecular weight is 730 g/mol. The molecule has 0 atom stereocenters. The van der Waals surface area contributed by atoms with E-state index in [9.17, 15) is 0 Å². The summed E-state index contributed by atoms with van der Waals surface area (Å²) in [5.41, 5.74) is 10.8. The Morgan fingerprint density at radius 2 is 1.07 bits per heavy atom. The lowest BCUT2D eigenvalue weighted by atomic mass is 9.97. The number of imidazole rings is 1. The fourth-order valence-electron chi connectivity index (χ4n) is 8.46. The van der Waals surface area contributed by atoms with Crippen LogP contribution in [-0.4, -0.2) is 24.5 Å². The maximum atomic E-state index is 5.35. The summed E-state index contributed by atoms with van der Waals surface area (Å²) in [6.07, 6.45) is 0.802. The molecule has 5 nitrogen and oxygen atoms in total. The normalized spacial score (nSPS) is 11.7. The summed E-state index contributed by atoms with van der Waals surface area (Å²) in [6, 6.07) is 63.9. The number of aryl methyl sites for hydroxylation is 1. The van der Waals surface area contributed by atoms with Crippen molar-refractivity contribution in [2.24, 2.45) is 0 Å². The Bertz CT molecular complexity index is 3220. The predicted octanol–water partition coefficient (Wildman–Crippen LogP) is 13.1. The highest BCUT2D eigenvalue weighted by atomic mass is 15.1. The largest absolute Gasteiger partial charge is 0.296 e. The Hall–Kier alpha value is -7.50. The number of fused-ring (bicyclic) bond motifs is 7. The van der Waals surface area contributed by atoms with Crippen LogP contribution in [0.15, 0.2) is 182 Å². The number of benzene rings is 8. The van der Waals surface area contributed by atoms with Crippen LogP contribution in [0.25, 0.3) is 105 Å². The Kier molecular flexibility index (Phi) is 7.71. The highest BCUT2D eigenvalue weighted by Crippen LogP contribution is 2.39. The molecular weight excluding hydrogens is 695 g/mol. The molecule has 11 rings (SSSR count). The molecule has 8 aromatic carbocycles. The summed E-state index contributed by atoms with van der Waals surface area (Å²) < 4.78 is 2.28. The molecule has 11 aromatic rings. The monoisotopic (exact) mass is 729 g/mol. The Morgan fingerprint density at radius 3 is 1.82 bits per heavy atom. The summed E-state index contributed by atoms with van der Waals surface area (Å²) in [5.74, 6) is 1.72. The molecule has 0 unspecified atom stereocenters. The van der Waals surface area contributed by atoms with Crippen molar-refractivity contribution < 1.29 is 0 Å². The lowest BCUT2D eigenvalue weighted by Gasteiger charge is -2.14. The molecule has 0 aliphatic rings. The van der Waals surface area contributed by atoms with Crippen molar-refractivity contribution in [3.05, 3.63) is 188 Å². The fourth-order valence-corrected chi connectivity index (χ4v) is 8.46. The van der Waals surface area contributed by atoms with Gasteiger partial charge >= 0.3 is 0 Å². The first-order chi connectivity index (χ1) is 28.2. The van der Waals surface area contributed by atoms with Crippen LogP contribution in [0.1, 0.15) is 12.7 Å². The van der Waals surface area contributed by atoms with E-state index in [0.29, 0.717) is 5.82 Å². The second kappa shape index (κ2) is 13.4. The minimum absolute atomic E-state index is 0.696. The molecule has 0 saturated heterocycles. The van der Waals surface area contributed by atoms with Crippen molar-refractivity contribution in [1.29, 1.82) is 0 Å². The zero-order valence-corrected chi connectivity index (χ0v) is 31.3. The van der Waals surface area contributed by atoms with Gasteiger partial charge < -0.3 is 0 Å². The van der Waals surface area contributed by atoms with E-state index in [1.165, 1.54) is 5.39 Å². The number of aromatic nitrogens is 5. The number of rotatable bonds is 6. The minimum Gasteiger partial charge on any atom is -0.296 e. The van der Waals surface area contributed by atoms with Crippen molar-refractivity contribution in [1.82, 2.24) is 24.5 Å². The van der Waals surface area contributed by atoms with E-state index in [-0.39, 0.29) is 0 Å². The summed E-state index contributed by atoms with van der Waals surface area (Å²) in [7, 11) is 0. The molecule has 0 amide bonds. The molecule has 268 valence electrons. The predicted molar refractivity (Wildman–Crippen MR) is 236 cm³/mol. The first-order valence-electron chi connectivity index (χ1n) is 19.5. The van der Waals surface area contributed by atoms with Crippen LogP contribution in [0, 0.1) is 0 Å². The van der Waals surface area contributed by atoms with Gasteiger partial charge in [0.2, 0.25) is 0 Å². The molecule has 3 aromatic heterocycles. The molecule has 0 bridgehead atoms. The van der Waals surface area contributed by atoms with Gasteiger partial charge in [0, 0.05) is 45.1 Å². The van der Waals surface area contributed by atoms with Gasteiger partial charge in [0.15, 0.2) is 5.82 Å². The second-order valence-corrected chi connectivity index (χ2v) is 14.5. The lowest BCUT2D eigenvalue weighted by molar-refractivity contribution is 0.908. The number of hydrogen-bond donors (Lipinski definition) is 0. The molecule has 0 N–H and O–H groups in total. The van der Waals surface area contributed by atoms with Gasteiger partial charge in [-0.2, -0.15) is 0 Å². The SMILES string of the molecule is CCc1nc2c3c(-c4ccc(-c5cc(-c6cccc7ccccc67)nc(-c6cccc7ccccc67)n5)cc4)nc4ccccc4c3ccc2n1-c1ccccc1. The summed E-state index contributed by atoms with van der Waals surface area (Å²) in [4.78, 5) is 21.2. The van der Waals surface area contributed by atoms with Gasteiger partial charge in [-0.05, 0) is 57.3 Å². The van der Waals surface area contributed by atoms with E-state index in [2.05, 4.69) is 193 Å². The van der Waals surface area contributed by atoms with Crippen molar-refractivity contribution in [3.63, 3.8) is 0 Å². The minimum atomic E-state index is 0.696. The maximum absolute atomic E-state index is 5.35. The zero-order chi connectivity index (χ0) is 37.9.